The fraction of sp³-hybridized carbons (Fsp3) is 0.647. The first-order chi connectivity index (χ1) is 8.10. The van der Waals surface area contributed by atoms with Gasteiger partial charge in [-0.05, 0) is 71.1 Å². The van der Waals surface area contributed by atoms with Crippen molar-refractivity contribution in [3.63, 3.8) is 0 Å². The van der Waals surface area contributed by atoms with Gasteiger partial charge in [0.15, 0.2) is 0 Å². The highest BCUT2D eigenvalue weighted by Crippen LogP contribution is 2.46. The average molecular weight is 230 g/mol. The summed E-state index contributed by atoms with van der Waals surface area (Å²) in [7, 11) is 0. The second-order valence-electron chi connectivity index (χ2n) is 6.15. The third-order valence-electron chi connectivity index (χ3n) is 4.69. The number of hydrogen-bond acceptors (Lipinski definition) is 0. The van der Waals surface area contributed by atoms with E-state index in [4.69, 9.17) is 0 Å². The van der Waals surface area contributed by atoms with E-state index < -0.39 is 0 Å². The molecule has 0 radical (unpaired) electrons. The number of allylic oxidation sites excluding steroid dienone is 6. The highest BCUT2D eigenvalue weighted by atomic mass is 14.4. The predicted octanol–water partition coefficient (Wildman–Crippen LogP) is 5.28. The maximum absolute atomic E-state index is 2.47. The molecule has 0 aromatic carbocycles. The maximum Gasteiger partial charge on any atom is -0.0109 e. The highest BCUT2D eigenvalue weighted by molar-refractivity contribution is 5.20. The fourth-order valence-electron chi connectivity index (χ4n) is 3.28. The predicted molar refractivity (Wildman–Crippen MR) is 75.9 cm³/mol. The van der Waals surface area contributed by atoms with Crippen molar-refractivity contribution in [3.05, 3.63) is 34.9 Å². The topological polar surface area (TPSA) is 0 Å². The molecule has 2 aliphatic rings. The SMILES string of the molecule is CC=C(CC(C)=C(C)C)CC1CC2C=CC1C2. The zero-order valence-electron chi connectivity index (χ0n) is 11.8. The van der Waals surface area contributed by atoms with Crippen molar-refractivity contribution in [1.82, 2.24) is 0 Å². The van der Waals surface area contributed by atoms with Crippen LogP contribution < -0.4 is 0 Å². The van der Waals surface area contributed by atoms with Gasteiger partial charge in [0.2, 0.25) is 0 Å². The van der Waals surface area contributed by atoms with Crippen LogP contribution in [0.25, 0.3) is 0 Å². The van der Waals surface area contributed by atoms with Gasteiger partial charge in [-0.2, -0.15) is 0 Å². The van der Waals surface area contributed by atoms with Crippen LogP contribution in [0.4, 0.5) is 0 Å². The molecule has 3 unspecified atom stereocenters. The van der Waals surface area contributed by atoms with Gasteiger partial charge in [-0.3, -0.25) is 0 Å². The lowest BCUT2D eigenvalue weighted by atomic mass is 9.85. The molecular weight excluding hydrogens is 204 g/mol. The first-order valence-electron chi connectivity index (χ1n) is 7.05. The Hall–Kier alpha value is -0.780. The van der Waals surface area contributed by atoms with Crippen LogP contribution in [-0.2, 0) is 0 Å². The van der Waals surface area contributed by atoms with E-state index >= 15 is 0 Å². The molecule has 0 amide bonds. The molecule has 0 aliphatic heterocycles. The monoisotopic (exact) mass is 230 g/mol. The summed E-state index contributed by atoms with van der Waals surface area (Å²) in [6.07, 6.45) is 12.7. The van der Waals surface area contributed by atoms with E-state index in [-0.39, 0.29) is 0 Å². The molecule has 0 saturated heterocycles. The first kappa shape index (κ1) is 12.7. The maximum atomic E-state index is 2.47. The van der Waals surface area contributed by atoms with Gasteiger partial charge in [0, 0.05) is 0 Å². The molecule has 3 atom stereocenters. The van der Waals surface area contributed by atoms with E-state index in [0.29, 0.717) is 0 Å². The molecular formula is C17H26. The van der Waals surface area contributed by atoms with Gasteiger partial charge in [-0.1, -0.05) is 34.9 Å². The van der Waals surface area contributed by atoms with Crippen LogP contribution in [-0.4, -0.2) is 0 Å². The quantitative estimate of drug-likeness (QED) is 0.576. The van der Waals surface area contributed by atoms with Gasteiger partial charge in [0.25, 0.3) is 0 Å². The largest absolute Gasteiger partial charge is 0.0881 e. The van der Waals surface area contributed by atoms with E-state index in [1.807, 2.05) is 0 Å². The zero-order chi connectivity index (χ0) is 12.4. The fourth-order valence-corrected chi connectivity index (χ4v) is 3.28. The van der Waals surface area contributed by atoms with Crippen LogP contribution in [0.5, 0.6) is 0 Å². The van der Waals surface area contributed by atoms with E-state index in [1.54, 1.807) is 11.1 Å². The Balaban J connectivity index is 1.93. The molecule has 94 valence electrons. The summed E-state index contributed by atoms with van der Waals surface area (Å²) >= 11 is 0. The Morgan fingerprint density at radius 1 is 1.18 bits per heavy atom. The van der Waals surface area contributed by atoms with Crippen LogP contribution in [0.1, 0.15) is 53.4 Å². The molecule has 0 aromatic rings. The molecule has 2 aliphatic carbocycles. The van der Waals surface area contributed by atoms with Crippen LogP contribution in [0, 0.1) is 17.8 Å². The minimum atomic E-state index is 0.891. The minimum Gasteiger partial charge on any atom is -0.0881 e. The van der Waals surface area contributed by atoms with Crippen molar-refractivity contribution in [1.29, 1.82) is 0 Å². The van der Waals surface area contributed by atoms with E-state index in [9.17, 15) is 0 Å². The van der Waals surface area contributed by atoms with E-state index in [2.05, 4.69) is 45.9 Å². The Morgan fingerprint density at radius 3 is 2.41 bits per heavy atom. The van der Waals surface area contributed by atoms with Crippen molar-refractivity contribution >= 4 is 0 Å². The van der Waals surface area contributed by atoms with E-state index in [1.165, 1.54) is 31.3 Å². The van der Waals surface area contributed by atoms with Crippen LogP contribution >= 0.6 is 0 Å². The highest BCUT2D eigenvalue weighted by Gasteiger charge is 2.35. The summed E-state index contributed by atoms with van der Waals surface area (Å²) in [5.74, 6) is 2.73. The standard InChI is InChI=1S/C17H26/c1-5-14(8-13(4)12(2)3)9-17-11-15-6-7-16(17)10-15/h5-7,15-17H,8-11H2,1-4H3. The molecule has 0 aromatic heterocycles. The molecule has 17 heavy (non-hydrogen) atoms. The zero-order valence-corrected chi connectivity index (χ0v) is 11.8. The van der Waals surface area contributed by atoms with Crippen molar-refractivity contribution in [3.8, 4) is 0 Å². The van der Waals surface area contributed by atoms with Gasteiger partial charge in [0.05, 0.1) is 0 Å². The Labute approximate surface area is 106 Å². The summed E-state index contributed by atoms with van der Waals surface area (Å²) in [6, 6.07) is 0. The number of hydrogen-bond donors (Lipinski definition) is 0. The van der Waals surface area contributed by atoms with Gasteiger partial charge in [-0.15, -0.1) is 0 Å². The third kappa shape index (κ3) is 2.91. The summed E-state index contributed by atoms with van der Waals surface area (Å²) in [4.78, 5) is 0. The Bertz CT molecular complexity index is 363. The number of fused-ring (bicyclic) bond motifs is 2. The molecule has 0 spiro atoms. The lowest BCUT2D eigenvalue weighted by molar-refractivity contribution is 0.441. The van der Waals surface area contributed by atoms with Crippen molar-refractivity contribution in [2.24, 2.45) is 17.8 Å². The van der Waals surface area contributed by atoms with Crippen molar-refractivity contribution in [2.75, 3.05) is 0 Å². The summed E-state index contributed by atoms with van der Waals surface area (Å²) in [5.41, 5.74) is 4.68. The lowest BCUT2D eigenvalue weighted by Gasteiger charge is -2.20. The van der Waals surface area contributed by atoms with Crippen molar-refractivity contribution in [2.45, 2.75) is 53.4 Å². The van der Waals surface area contributed by atoms with Crippen LogP contribution in [0.3, 0.4) is 0 Å². The normalized spacial score (nSPS) is 31.1. The molecule has 1 fully saturated rings. The molecule has 0 heteroatoms. The molecule has 0 heterocycles. The smallest absolute Gasteiger partial charge is 0.0109 e. The molecule has 2 rings (SSSR count). The second kappa shape index (κ2) is 5.25. The molecule has 2 bridgehead atoms. The summed E-state index contributed by atoms with van der Waals surface area (Å²) in [5, 5.41) is 0. The summed E-state index contributed by atoms with van der Waals surface area (Å²) in [6.45, 7) is 8.93. The minimum absolute atomic E-state index is 0.891. The second-order valence-corrected chi connectivity index (χ2v) is 6.15. The van der Waals surface area contributed by atoms with E-state index in [0.717, 1.165) is 17.8 Å². The number of rotatable bonds is 4. The summed E-state index contributed by atoms with van der Waals surface area (Å²) < 4.78 is 0. The van der Waals surface area contributed by atoms with Gasteiger partial charge in [-0.25, -0.2) is 0 Å². The lowest BCUT2D eigenvalue weighted by Crippen LogP contribution is -2.08. The average Bonchev–Trinajstić information content (AvgIpc) is 2.89. The molecule has 1 saturated carbocycles. The van der Waals surface area contributed by atoms with Crippen LogP contribution in [0.15, 0.2) is 34.9 Å². The van der Waals surface area contributed by atoms with Gasteiger partial charge >= 0.3 is 0 Å². The molecule has 0 N–H and O–H groups in total. The first-order valence-corrected chi connectivity index (χ1v) is 7.05. The van der Waals surface area contributed by atoms with Gasteiger partial charge in [0.1, 0.15) is 0 Å². The van der Waals surface area contributed by atoms with Crippen molar-refractivity contribution < 1.29 is 0 Å². The van der Waals surface area contributed by atoms with Crippen LogP contribution in [0.2, 0.25) is 0 Å². The Kier molecular flexibility index (Phi) is 3.91. The van der Waals surface area contributed by atoms with Gasteiger partial charge < -0.3 is 0 Å². The molecule has 0 nitrogen and oxygen atoms in total. The third-order valence-corrected chi connectivity index (χ3v) is 4.69. The Morgan fingerprint density at radius 2 is 1.94 bits per heavy atom.